The molecule has 4 heteroatoms. The molecule has 0 amide bonds. The van der Waals surface area contributed by atoms with E-state index in [4.69, 9.17) is 9.47 Å². The highest BCUT2D eigenvalue weighted by Gasteiger charge is 2.31. The molecule has 0 radical (unpaired) electrons. The predicted molar refractivity (Wildman–Crippen MR) is 73.3 cm³/mol. The SMILES string of the molecule is Cc1ccccc1C1=NC(C(=O)OC(C)(C)C)CO1. The van der Waals surface area contributed by atoms with Gasteiger partial charge < -0.3 is 9.47 Å². The highest BCUT2D eigenvalue weighted by molar-refractivity contribution is 5.98. The molecule has 1 unspecified atom stereocenters. The van der Waals surface area contributed by atoms with E-state index in [1.54, 1.807) is 0 Å². The lowest BCUT2D eigenvalue weighted by Gasteiger charge is -2.20. The van der Waals surface area contributed by atoms with Crippen LogP contribution in [0.5, 0.6) is 0 Å². The summed E-state index contributed by atoms with van der Waals surface area (Å²) in [7, 11) is 0. The second-order valence-electron chi connectivity index (χ2n) is 5.61. The quantitative estimate of drug-likeness (QED) is 0.768. The van der Waals surface area contributed by atoms with Gasteiger partial charge in [0.1, 0.15) is 12.2 Å². The van der Waals surface area contributed by atoms with Crippen LogP contribution in [0.3, 0.4) is 0 Å². The maximum atomic E-state index is 11.9. The van der Waals surface area contributed by atoms with Gasteiger partial charge in [-0.1, -0.05) is 18.2 Å². The summed E-state index contributed by atoms with van der Waals surface area (Å²) in [5.74, 6) is 0.185. The first-order valence-electron chi connectivity index (χ1n) is 6.36. The number of benzene rings is 1. The summed E-state index contributed by atoms with van der Waals surface area (Å²) >= 11 is 0. The van der Waals surface area contributed by atoms with Crippen LogP contribution >= 0.6 is 0 Å². The number of ether oxygens (including phenoxy) is 2. The average molecular weight is 261 g/mol. The monoisotopic (exact) mass is 261 g/mol. The van der Waals surface area contributed by atoms with Crippen LogP contribution in [0.15, 0.2) is 29.3 Å². The standard InChI is InChI=1S/C15H19NO3/c1-10-7-5-6-8-11(10)13-16-12(9-18-13)14(17)19-15(2,3)4/h5-8,12H,9H2,1-4H3. The van der Waals surface area contributed by atoms with Crippen molar-refractivity contribution >= 4 is 11.9 Å². The zero-order chi connectivity index (χ0) is 14.0. The highest BCUT2D eigenvalue weighted by atomic mass is 16.6. The van der Waals surface area contributed by atoms with E-state index in [1.165, 1.54) is 0 Å². The minimum atomic E-state index is -0.561. The van der Waals surface area contributed by atoms with E-state index in [1.807, 2.05) is 52.0 Å². The number of nitrogens with zero attached hydrogens (tertiary/aromatic N) is 1. The molecule has 0 saturated heterocycles. The van der Waals surface area contributed by atoms with Crippen LogP contribution in [-0.2, 0) is 14.3 Å². The molecule has 0 aromatic heterocycles. The molecule has 4 nitrogen and oxygen atoms in total. The lowest BCUT2D eigenvalue weighted by atomic mass is 10.1. The zero-order valence-electron chi connectivity index (χ0n) is 11.8. The molecule has 19 heavy (non-hydrogen) atoms. The number of esters is 1. The fourth-order valence-electron chi connectivity index (χ4n) is 1.82. The van der Waals surface area contributed by atoms with Gasteiger partial charge in [-0.2, -0.15) is 0 Å². The molecule has 0 aliphatic carbocycles. The molecule has 0 spiro atoms. The van der Waals surface area contributed by atoms with Gasteiger partial charge >= 0.3 is 5.97 Å². The van der Waals surface area contributed by atoms with Crippen molar-refractivity contribution < 1.29 is 14.3 Å². The van der Waals surface area contributed by atoms with Crippen molar-refractivity contribution in [2.45, 2.75) is 39.3 Å². The van der Waals surface area contributed by atoms with Crippen molar-refractivity contribution in [3.63, 3.8) is 0 Å². The average Bonchev–Trinajstić information content (AvgIpc) is 2.76. The van der Waals surface area contributed by atoms with Gasteiger partial charge in [-0.25, -0.2) is 9.79 Å². The smallest absolute Gasteiger partial charge is 0.335 e. The molecule has 1 aromatic carbocycles. The minimum absolute atomic E-state index is 0.249. The van der Waals surface area contributed by atoms with E-state index in [2.05, 4.69) is 4.99 Å². The van der Waals surface area contributed by atoms with Crippen LogP contribution in [0.4, 0.5) is 0 Å². The van der Waals surface area contributed by atoms with Crippen molar-refractivity contribution in [1.82, 2.24) is 0 Å². The Morgan fingerprint density at radius 3 is 2.68 bits per heavy atom. The Balaban J connectivity index is 2.13. The van der Waals surface area contributed by atoms with Crippen molar-refractivity contribution in [3.8, 4) is 0 Å². The summed E-state index contributed by atoms with van der Waals surface area (Å²) in [5.41, 5.74) is 1.50. The fourth-order valence-corrected chi connectivity index (χ4v) is 1.82. The van der Waals surface area contributed by atoms with Crippen LogP contribution in [-0.4, -0.2) is 30.1 Å². The third kappa shape index (κ3) is 3.34. The molecule has 2 rings (SSSR count). The zero-order valence-corrected chi connectivity index (χ0v) is 11.8. The molecule has 1 atom stereocenters. The summed E-state index contributed by atoms with van der Waals surface area (Å²) in [5, 5.41) is 0. The van der Waals surface area contributed by atoms with E-state index in [0.717, 1.165) is 11.1 Å². The number of rotatable bonds is 2. The number of carbonyl (C=O) groups is 1. The van der Waals surface area contributed by atoms with Gasteiger partial charge in [0, 0.05) is 5.56 Å². The Labute approximate surface area is 113 Å². The Bertz CT molecular complexity index is 514. The molecule has 1 aliphatic heterocycles. The maximum absolute atomic E-state index is 11.9. The molecular weight excluding hydrogens is 242 g/mol. The summed E-state index contributed by atoms with van der Waals surface area (Å²) in [4.78, 5) is 16.2. The van der Waals surface area contributed by atoms with E-state index < -0.39 is 11.6 Å². The van der Waals surface area contributed by atoms with Crippen LogP contribution in [0.1, 0.15) is 31.9 Å². The second kappa shape index (κ2) is 5.03. The van der Waals surface area contributed by atoms with Crippen molar-refractivity contribution in [2.24, 2.45) is 4.99 Å². The van der Waals surface area contributed by atoms with Crippen LogP contribution in [0, 0.1) is 6.92 Å². The molecular formula is C15H19NO3. The highest BCUT2D eigenvalue weighted by Crippen LogP contribution is 2.18. The first-order chi connectivity index (χ1) is 8.87. The normalized spacial score (nSPS) is 18.7. The predicted octanol–water partition coefficient (Wildman–Crippen LogP) is 2.48. The van der Waals surface area contributed by atoms with Crippen molar-refractivity contribution in [1.29, 1.82) is 0 Å². The van der Waals surface area contributed by atoms with Gasteiger partial charge in [0.05, 0.1) is 0 Å². The number of hydrogen-bond donors (Lipinski definition) is 0. The maximum Gasteiger partial charge on any atom is 0.335 e. The Morgan fingerprint density at radius 1 is 1.37 bits per heavy atom. The van der Waals surface area contributed by atoms with Gasteiger partial charge in [0.2, 0.25) is 5.90 Å². The molecule has 0 saturated carbocycles. The first-order valence-corrected chi connectivity index (χ1v) is 6.36. The van der Waals surface area contributed by atoms with Gasteiger partial charge in [-0.15, -0.1) is 0 Å². The summed E-state index contributed by atoms with van der Waals surface area (Å²) in [6, 6.07) is 7.25. The molecule has 0 fully saturated rings. The van der Waals surface area contributed by atoms with Gasteiger partial charge in [0.25, 0.3) is 0 Å². The van der Waals surface area contributed by atoms with Gasteiger partial charge in [-0.3, -0.25) is 0 Å². The Morgan fingerprint density at radius 2 is 2.05 bits per heavy atom. The Hall–Kier alpha value is -1.84. The minimum Gasteiger partial charge on any atom is -0.475 e. The van der Waals surface area contributed by atoms with Gasteiger partial charge in [0.15, 0.2) is 6.04 Å². The molecule has 1 heterocycles. The number of hydrogen-bond acceptors (Lipinski definition) is 4. The Kier molecular flexibility index (Phi) is 3.60. The largest absolute Gasteiger partial charge is 0.475 e. The molecule has 0 N–H and O–H groups in total. The number of carbonyl (C=O) groups excluding carboxylic acids is 1. The number of aryl methyl sites for hydroxylation is 1. The molecule has 0 bridgehead atoms. The third-order valence-electron chi connectivity index (χ3n) is 2.71. The van der Waals surface area contributed by atoms with Crippen molar-refractivity contribution in [2.75, 3.05) is 6.61 Å². The molecule has 1 aliphatic rings. The van der Waals surface area contributed by atoms with Gasteiger partial charge in [-0.05, 0) is 39.3 Å². The third-order valence-corrected chi connectivity index (χ3v) is 2.71. The molecule has 1 aromatic rings. The lowest BCUT2D eigenvalue weighted by Crippen LogP contribution is -2.31. The summed E-state index contributed by atoms with van der Waals surface area (Å²) < 4.78 is 10.8. The second-order valence-corrected chi connectivity index (χ2v) is 5.61. The lowest BCUT2D eigenvalue weighted by molar-refractivity contribution is -0.156. The van der Waals surface area contributed by atoms with Crippen LogP contribution < -0.4 is 0 Å². The van der Waals surface area contributed by atoms with E-state index >= 15 is 0 Å². The van der Waals surface area contributed by atoms with E-state index in [0.29, 0.717) is 5.90 Å². The van der Waals surface area contributed by atoms with Crippen molar-refractivity contribution in [3.05, 3.63) is 35.4 Å². The van der Waals surface area contributed by atoms with E-state index in [9.17, 15) is 4.79 Å². The summed E-state index contributed by atoms with van der Waals surface area (Å²) in [6.07, 6.45) is 0. The number of aliphatic imine (C=N–C) groups is 1. The van der Waals surface area contributed by atoms with E-state index in [-0.39, 0.29) is 12.6 Å². The molecule has 102 valence electrons. The fraction of sp³-hybridized carbons (Fsp3) is 0.467. The topological polar surface area (TPSA) is 47.9 Å². The summed E-state index contributed by atoms with van der Waals surface area (Å²) in [6.45, 7) is 7.76. The van der Waals surface area contributed by atoms with Crippen LogP contribution in [0.25, 0.3) is 0 Å². The van der Waals surface area contributed by atoms with Crippen LogP contribution in [0.2, 0.25) is 0 Å². The first kappa shape index (κ1) is 13.6.